The molecule has 0 aliphatic heterocycles. The van der Waals surface area contributed by atoms with Gasteiger partial charge in [0.05, 0.1) is 6.61 Å². The maximum Gasteiger partial charge on any atom is 0.0610 e. The summed E-state index contributed by atoms with van der Waals surface area (Å²) in [6.07, 6.45) is 3.61. The zero-order chi connectivity index (χ0) is 11.7. The van der Waals surface area contributed by atoms with Crippen molar-refractivity contribution < 1.29 is 5.11 Å². The molecule has 0 fully saturated rings. The first-order valence-electron chi connectivity index (χ1n) is 6.00. The molecule has 0 spiro atoms. The van der Waals surface area contributed by atoms with Crippen molar-refractivity contribution in [1.29, 1.82) is 0 Å². The summed E-state index contributed by atoms with van der Waals surface area (Å²) in [4.78, 5) is 0. The zero-order valence-electron chi connectivity index (χ0n) is 10.7. The van der Waals surface area contributed by atoms with Gasteiger partial charge in [-0.1, -0.05) is 27.2 Å². The van der Waals surface area contributed by atoms with E-state index in [0.29, 0.717) is 6.04 Å². The predicted molar refractivity (Wildman–Crippen MR) is 70.6 cm³/mol. The number of rotatable bonds is 9. The minimum absolute atomic E-state index is 0.104. The maximum atomic E-state index is 9.37. The van der Waals surface area contributed by atoms with Crippen molar-refractivity contribution >= 4 is 11.8 Å². The fourth-order valence-corrected chi connectivity index (χ4v) is 2.83. The van der Waals surface area contributed by atoms with Crippen molar-refractivity contribution in [2.24, 2.45) is 0 Å². The molecule has 2 N–H and O–H groups in total. The quantitative estimate of drug-likeness (QED) is 0.601. The van der Waals surface area contributed by atoms with Crippen LogP contribution in [0, 0.1) is 0 Å². The van der Waals surface area contributed by atoms with Crippen LogP contribution in [-0.2, 0) is 0 Å². The molecular formula is C12H27NOS. The highest BCUT2D eigenvalue weighted by Crippen LogP contribution is 2.15. The lowest BCUT2D eigenvalue weighted by atomic mass is 9.99. The minimum atomic E-state index is -0.104. The van der Waals surface area contributed by atoms with Gasteiger partial charge in [0.25, 0.3) is 0 Å². The van der Waals surface area contributed by atoms with E-state index in [9.17, 15) is 5.11 Å². The summed E-state index contributed by atoms with van der Waals surface area (Å²) < 4.78 is 0. The smallest absolute Gasteiger partial charge is 0.0610 e. The summed E-state index contributed by atoms with van der Waals surface area (Å²) in [7, 11) is 0. The molecule has 0 aliphatic carbocycles. The maximum absolute atomic E-state index is 9.37. The molecule has 0 amide bonds. The summed E-state index contributed by atoms with van der Waals surface area (Å²) in [5.41, 5.74) is -0.104. The fraction of sp³-hybridized carbons (Fsp3) is 1.00. The van der Waals surface area contributed by atoms with Gasteiger partial charge in [0.1, 0.15) is 0 Å². The van der Waals surface area contributed by atoms with Crippen LogP contribution in [0.4, 0.5) is 0 Å². The van der Waals surface area contributed by atoms with E-state index >= 15 is 0 Å². The standard InChI is InChI=1S/C12H27NOS/c1-5-6-8-15-9-7-12(4,10-14)13-11(2)3/h11,13-14H,5-10H2,1-4H3. The van der Waals surface area contributed by atoms with Gasteiger partial charge >= 0.3 is 0 Å². The third-order valence-corrected chi connectivity index (χ3v) is 3.50. The molecule has 0 radical (unpaired) electrons. The highest BCUT2D eigenvalue weighted by Gasteiger charge is 2.22. The normalized spacial score (nSPS) is 15.6. The van der Waals surface area contributed by atoms with E-state index in [1.165, 1.54) is 18.6 Å². The Morgan fingerprint density at radius 2 is 2.00 bits per heavy atom. The Balaban J connectivity index is 3.68. The molecule has 0 rings (SSSR count). The largest absolute Gasteiger partial charge is 0.394 e. The van der Waals surface area contributed by atoms with Gasteiger partial charge in [-0.3, -0.25) is 0 Å². The summed E-state index contributed by atoms with van der Waals surface area (Å²) in [6.45, 7) is 8.79. The Labute approximate surface area is 99.2 Å². The first-order valence-corrected chi connectivity index (χ1v) is 7.16. The Kier molecular flexibility index (Phi) is 8.58. The van der Waals surface area contributed by atoms with E-state index in [1.807, 2.05) is 11.8 Å². The van der Waals surface area contributed by atoms with Gasteiger partial charge in [-0.25, -0.2) is 0 Å². The Hall–Kier alpha value is 0.270. The second-order valence-corrected chi connectivity index (χ2v) is 5.96. The van der Waals surface area contributed by atoms with Gasteiger partial charge in [-0.05, 0) is 31.3 Å². The number of aliphatic hydroxyl groups excluding tert-OH is 1. The van der Waals surface area contributed by atoms with Crippen molar-refractivity contribution in [3.8, 4) is 0 Å². The van der Waals surface area contributed by atoms with Gasteiger partial charge in [0, 0.05) is 11.6 Å². The number of unbranched alkanes of at least 4 members (excludes halogenated alkanes) is 1. The van der Waals surface area contributed by atoms with E-state index in [2.05, 4.69) is 33.0 Å². The lowest BCUT2D eigenvalue weighted by molar-refractivity contribution is 0.162. The third-order valence-electron chi connectivity index (χ3n) is 2.43. The van der Waals surface area contributed by atoms with Crippen LogP contribution in [0.5, 0.6) is 0 Å². The molecule has 1 unspecified atom stereocenters. The van der Waals surface area contributed by atoms with Crippen LogP contribution in [0.25, 0.3) is 0 Å². The number of thioether (sulfide) groups is 1. The molecular weight excluding hydrogens is 206 g/mol. The summed E-state index contributed by atoms with van der Waals surface area (Å²) in [5.74, 6) is 2.39. The SMILES string of the molecule is CCCCSCCC(C)(CO)NC(C)C. The molecule has 0 bridgehead atoms. The van der Waals surface area contributed by atoms with E-state index in [4.69, 9.17) is 0 Å². The molecule has 15 heavy (non-hydrogen) atoms. The van der Waals surface area contributed by atoms with E-state index in [1.54, 1.807) is 0 Å². The van der Waals surface area contributed by atoms with Crippen molar-refractivity contribution in [1.82, 2.24) is 5.32 Å². The Morgan fingerprint density at radius 1 is 1.33 bits per heavy atom. The Morgan fingerprint density at radius 3 is 2.47 bits per heavy atom. The van der Waals surface area contributed by atoms with Crippen LogP contribution in [0.3, 0.4) is 0 Å². The van der Waals surface area contributed by atoms with Crippen LogP contribution in [-0.4, -0.2) is 34.8 Å². The number of aliphatic hydroxyl groups is 1. The van der Waals surface area contributed by atoms with Crippen LogP contribution < -0.4 is 5.32 Å². The minimum Gasteiger partial charge on any atom is -0.394 e. The molecule has 0 saturated heterocycles. The van der Waals surface area contributed by atoms with Crippen molar-refractivity contribution in [3.05, 3.63) is 0 Å². The lowest BCUT2D eigenvalue weighted by Crippen LogP contribution is -2.49. The molecule has 2 nitrogen and oxygen atoms in total. The molecule has 0 saturated carbocycles. The van der Waals surface area contributed by atoms with E-state index < -0.39 is 0 Å². The molecule has 0 aromatic carbocycles. The monoisotopic (exact) mass is 233 g/mol. The molecule has 92 valence electrons. The first kappa shape index (κ1) is 15.3. The van der Waals surface area contributed by atoms with Crippen LogP contribution in [0.15, 0.2) is 0 Å². The van der Waals surface area contributed by atoms with Gasteiger partial charge in [-0.15, -0.1) is 0 Å². The summed E-state index contributed by atoms with van der Waals surface area (Å²) in [5, 5.41) is 12.8. The zero-order valence-corrected chi connectivity index (χ0v) is 11.5. The second-order valence-electron chi connectivity index (χ2n) is 4.73. The van der Waals surface area contributed by atoms with E-state index in [-0.39, 0.29) is 12.1 Å². The van der Waals surface area contributed by atoms with E-state index in [0.717, 1.165) is 12.2 Å². The lowest BCUT2D eigenvalue weighted by Gasteiger charge is -2.31. The molecule has 0 aromatic rings. The van der Waals surface area contributed by atoms with Crippen LogP contribution >= 0.6 is 11.8 Å². The highest BCUT2D eigenvalue weighted by atomic mass is 32.2. The molecule has 0 aromatic heterocycles. The van der Waals surface area contributed by atoms with Crippen molar-refractivity contribution in [3.63, 3.8) is 0 Å². The first-order chi connectivity index (χ1) is 7.04. The molecule has 3 heteroatoms. The Bertz CT molecular complexity index is 153. The van der Waals surface area contributed by atoms with Crippen molar-refractivity contribution in [2.45, 2.75) is 58.5 Å². The van der Waals surface area contributed by atoms with Gasteiger partial charge in [-0.2, -0.15) is 11.8 Å². The molecule has 0 heterocycles. The predicted octanol–water partition coefficient (Wildman–Crippen LogP) is 2.66. The average Bonchev–Trinajstić information content (AvgIpc) is 2.16. The van der Waals surface area contributed by atoms with Gasteiger partial charge in [0.15, 0.2) is 0 Å². The number of nitrogens with one attached hydrogen (secondary N) is 1. The van der Waals surface area contributed by atoms with Crippen LogP contribution in [0.2, 0.25) is 0 Å². The highest BCUT2D eigenvalue weighted by molar-refractivity contribution is 7.99. The summed E-state index contributed by atoms with van der Waals surface area (Å²) >= 11 is 2.00. The van der Waals surface area contributed by atoms with Crippen molar-refractivity contribution in [2.75, 3.05) is 18.1 Å². The third kappa shape index (κ3) is 8.12. The fourth-order valence-electron chi connectivity index (χ4n) is 1.54. The molecule has 0 aliphatic rings. The number of hydrogen-bond donors (Lipinski definition) is 2. The second kappa shape index (κ2) is 8.43. The topological polar surface area (TPSA) is 32.3 Å². The van der Waals surface area contributed by atoms with Gasteiger partial charge in [0.2, 0.25) is 0 Å². The summed E-state index contributed by atoms with van der Waals surface area (Å²) in [6, 6.07) is 0.433. The number of hydrogen-bond acceptors (Lipinski definition) is 3. The average molecular weight is 233 g/mol. The van der Waals surface area contributed by atoms with Gasteiger partial charge < -0.3 is 10.4 Å². The van der Waals surface area contributed by atoms with Crippen LogP contribution in [0.1, 0.15) is 47.0 Å². The molecule has 1 atom stereocenters.